The van der Waals surface area contributed by atoms with Crippen LogP contribution in [0.2, 0.25) is 0 Å². The van der Waals surface area contributed by atoms with E-state index in [4.69, 9.17) is 14.2 Å². The quantitative estimate of drug-likeness (QED) is 0.454. The molecule has 1 saturated carbocycles. The Morgan fingerprint density at radius 1 is 1.29 bits per heavy atom. The van der Waals surface area contributed by atoms with Gasteiger partial charge in [-0.05, 0) is 36.8 Å². The van der Waals surface area contributed by atoms with Crippen LogP contribution in [0.4, 0.5) is 4.79 Å². The molecule has 1 aliphatic carbocycles. The minimum absolute atomic E-state index is 0.0393. The zero-order chi connectivity index (χ0) is 24.6. The van der Waals surface area contributed by atoms with Crippen molar-refractivity contribution >= 4 is 29.7 Å². The van der Waals surface area contributed by atoms with Crippen LogP contribution in [0, 0.1) is 5.92 Å². The van der Waals surface area contributed by atoms with Gasteiger partial charge in [0, 0.05) is 18.9 Å². The molecule has 9 nitrogen and oxygen atoms in total. The first kappa shape index (κ1) is 26.3. The molecule has 1 spiro atoms. The van der Waals surface area contributed by atoms with Gasteiger partial charge in [0.15, 0.2) is 5.79 Å². The summed E-state index contributed by atoms with van der Waals surface area (Å²) >= 11 is 1.55. The lowest BCUT2D eigenvalue weighted by Crippen LogP contribution is -2.56. The molecule has 0 aromatic heterocycles. The smallest absolute Gasteiger partial charge is 0.408 e. The molecule has 3 unspecified atom stereocenters. The molecule has 2 aliphatic rings. The summed E-state index contributed by atoms with van der Waals surface area (Å²) in [6, 6.07) is 7.84. The van der Waals surface area contributed by atoms with E-state index >= 15 is 0 Å². The van der Waals surface area contributed by atoms with Gasteiger partial charge in [-0.3, -0.25) is 9.59 Å². The van der Waals surface area contributed by atoms with Crippen molar-refractivity contribution in [2.45, 2.75) is 69.6 Å². The lowest BCUT2D eigenvalue weighted by atomic mass is 9.80. The molecule has 3 rings (SSSR count). The first-order valence-corrected chi connectivity index (χ1v) is 13.1. The number of hydrogen-bond acceptors (Lipinski definition) is 7. The van der Waals surface area contributed by atoms with Crippen molar-refractivity contribution < 1.29 is 33.7 Å². The molecule has 1 aromatic carbocycles. The summed E-state index contributed by atoms with van der Waals surface area (Å²) in [6.07, 6.45) is 3.45. The maximum atomic E-state index is 13.1. The number of thioether (sulfide) groups is 1. The van der Waals surface area contributed by atoms with Crippen molar-refractivity contribution in [1.29, 1.82) is 0 Å². The molecule has 0 radical (unpaired) electrons. The lowest BCUT2D eigenvalue weighted by Gasteiger charge is -2.40. The van der Waals surface area contributed by atoms with Crippen molar-refractivity contribution in [3.8, 4) is 0 Å². The van der Waals surface area contributed by atoms with E-state index in [1.54, 1.807) is 11.8 Å². The molecule has 1 aliphatic heterocycles. The van der Waals surface area contributed by atoms with Crippen molar-refractivity contribution in [1.82, 2.24) is 10.6 Å². The summed E-state index contributed by atoms with van der Waals surface area (Å²) in [5.74, 6) is -2.53. The van der Waals surface area contributed by atoms with Crippen LogP contribution in [0.25, 0.3) is 0 Å². The van der Waals surface area contributed by atoms with E-state index in [0.29, 0.717) is 31.6 Å². The molecule has 2 fully saturated rings. The molecular formula is C24H34N2O7S. The van der Waals surface area contributed by atoms with Gasteiger partial charge >= 0.3 is 12.1 Å². The van der Waals surface area contributed by atoms with Crippen LogP contribution < -0.4 is 10.6 Å². The Kier molecular flexibility index (Phi) is 9.61. The normalized spacial score (nSPS) is 27.2. The van der Waals surface area contributed by atoms with Gasteiger partial charge in [0.25, 0.3) is 0 Å². The number of ether oxygens (including phenoxy) is 3. The lowest BCUT2D eigenvalue weighted by molar-refractivity contribution is -0.205. The molecular weight excluding hydrogens is 460 g/mol. The average molecular weight is 495 g/mol. The highest BCUT2D eigenvalue weighted by molar-refractivity contribution is 7.98. The van der Waals surface area contributed by atoms with Gasteiger partial charge in [-0.15, -0.1) is 0 Å². The fourth-order valence-electron chi connectivity index (χ4n) is 4.34. The third-order valence-corrected chi connectivity index (χ3v) is 6.94. The van der Waals surface area contributed by atoms with Gasteiger partial charge < -0.3 is 30.0 Å². The van der Waals surface area contributed by atoms with E-state index in [-0.39, 0.29) is 19.1 Å². The number of benzene rings is 1. The largest absolute Gasteiger partial charge is 0.481 e. The number of carbonyl (C=O) groups is 3. The molecule has 34 heavy (non-hydrogen) atoms. The minimum atomic E-state index is -1.01. The molecule has 0 bridgehead atoms. The third-order valence-electron chi connectivity index (χ3n) is 6.30. The van der Waals surface area contributed by atoms with Crippen molar-refractivity contribution in [3.05, 3.63) is 35.9 Å². The van der Waals surface area contributed by atoms with Crippen LogP contribution in [0.15, 0.2) is 30.3 Å². The molecule has 2 amide bonds. The Hall–Kier alpha value is -2.30. The molecule has 10 heteroatoms. The van der Waals surface area contributed by atoms with Gasteiger partial charge in [0.05, 0.1) is 18.6 Å². The molecule has 5 atom stereocenters. The summed E-state index contributed by atoms with van der Waals surface area (Å²) in [5, 5.41) is 15.3. The van der Waals surface area contributed by atoms with E-state index in [1.807, 2.05) is 43.5 Å². The van der Waals surface area contributed by atoms with Gasteiger partial charge in [0.2, 0.25) is 5.91 Å². The number of alkyl carbamates (subject to hydrolysis) is 1. The first-order chi connectivity index (χ1) is 16.4. The third kappa shape index (κ3) is 7.10. The first-order valence-electron chi connectivity index (χ1n) is 11.7. The molecule has 1 saturated heterocycles. The van der Waals surface area contributed by atoms with Crippen LogP contribution in [-0.4, -0.2) is 65.7 Å². The number of carboxylic acids is 1. The predicted molar refractivity (Wildman–Crippen MR) is 127 cm³/mol. The predicted octanol–water partition coefficient (Wildman–Crippen LogP) is 2.93. The summed E-state index contributed by atoms with van der Waals surface area (Å²) in [7, 11) is 0. The van der Waals surface area contributed by atoms with E-state index in [9.17, 15) is 19.5 Å². The number of hydrogen-bond donors (Lipinski definition) is 3. The molecule has 1 heterocycles. The summed E-state index contributed by atoms with van der Waals surface area (Å²) in [5.41, 5.74) is 0.838. The van der Waals surface area contributed by atoms with Crippen LogP contribution in [0.1, 0.15) is 44.6 Å². The van der Waals surface area contributed by atoms with E-state index in [0.717, 1.165) is 12.0 Å². The van der Waals surface area contributed by atoms with Crippen molar-refractivity contribution in [2.75, 3.05) is 18.6 Å². The van der Waals surface area contributed by atoms with E-state index in [1.165, 1.54) is 0 Å². The second-order valence-electron chi connectivity index (χ2n) is 8.71. The Morgan fingerprint density at radius 2 is 2.06 bits per heavy atom. The second-order valence-corrected chi connectivity index (χ2v) is 9.70. The van der Waals surface area contributed by atoms with Gasteiger partial charge in [-0.2, -0.15) is 11.8 Å². The fourth-order valence-corrected chi connectivity index (χ4v) is 4.81. The monoisotopic (exact) mass is 494 g/mol. The van der Waals surface area contributed by atoms with E-state index < -0.39 is 41.8 Å². The second kappa shape index (κ2) is 12.4. The molecule has 188 valence electrons. The number of amides is 2. The number of rotatable bonds is 10. The summed E-state index contributed by atoms with van der Waals surface area (Å²) < 4.78 is 17.1. The number of carbonyl (C=O) groups excluding carboxylic acids is 2. The molecule has 3 N–H and O–H groups in total. The summed E-state index contributed by atoms with van der Waals surface area (Å²) in [6.45, 7) is 2.54. The SMILES string of the molecule is CCC1COC2(CC[C@H](NC(=O)C(CCSC)NC(=O)OCc3ccccc3)[C@H](C(=O)O)C2)O1. The highest BCUT2D eigenvalue weighted by Gasteiger charge is 2.50. The van der Waals surface area contributed by atoms with E-state index in [2.05, 4.69) is 10.6 Å². The average Bonchev–Trinajstić information content (AvgIpc) is 3.24. The minimum Gasteiger partial charge on any atom is -0.481 e. The van der Waals surface area contributed by atoms with Crippen LogP contribution in [-0.2, 0) is 30.4 Å². The van der Waals surface area contributed by atoms with Gasteiger partial charge in [-0.25, -0.2) is 4.79 Å². The number of carboxylic acid groups (broad SMARTS) is 1. The Morgan fingerprint density at radius 3 is 2.71 bits per heavy atom. The highest BCUT2D eigenvalue weighted by Crippen LogP contribution is 2.41. The standard InChI is InChI=1S/C24H34N2O7S/c1-3-17-15-32-24(33-17)11-9-19(18(13-24)22(28)29)25-21(27)20(10-12-34-2)26-23(30)31-14-16-7-5-4-6-8-16/h4-8,17-20H,3,9-15H2,1-2H3,(H,25,27)(H,26,30)(H,28,29)/t17?,18-,19+,20?,24?/m1/s1. The van der Waals surface area contributed by atoms with Gasteiger partial charge in [0.1, 0.15) is 12.6 Å². The number of aliphatic carboxylic acids is 1. The zero-order valence-corrected chi connectivity index (χ0v) is 20.5. The Labute approximate surface area is 204 Å². The summed E-state index contributed by atoms with van der Waals surface area (Å²) in [4.78, 5) is 37.4. The highest BCUT2D eigenvalue weighted by atomic mass is 32.2. The maximum absolute atomic E-state index is 13.1. The van der Waals surface area contributed by atoms with Gasteiger partial charge in [-0.1, -0.05) is 37.3 Å². The fraction of sp³-hybridized carbons (Fsp3) is 0.625. The van der Waals surface area contributed by atoms with Crippen LogP contribution in [0.5, 0.6) is 0 Å². The molecule has 1 aromatic rings. The maximum Gasteiger partial charge on any atom is 0.408 e. The Balaban J connectivity index is 1.59. The number of nitrogens with one attached hydrogen (secondary N) is 2. The Bertz CT molecular complexity index is 840. The zero-order valence-electron chi connectivity index (χ0n) is 19.7. The topological polar surface area (TPSA) is 123 Å². The van der Waals surface area contributed by atoms with Crippen LogP contribution >= 0.6 is 11.8 Å². The van der Waals surface area contributed by atoms with Crippen molar-refractivity contribution in [2.24, 2.45) is 5.92 Å². The van der Waals surface area contributed by atoms with Crippen molar-refractivity contribution in [3.63, 3.8) is 0 Å². The van der Waals surface area contributed by atoms with Crippen LogP contribution in [0.3, 0.4) is 0 Å².